The standard InChI is InChI=1S/C16H25N3O2/c1-3-15(4-2)18-10-8-17(9-11-18)13-14-6-5-7-16(12-14)19(20)21/h5-7,12,15H,3-4,8-11,13H2,1-2H3. The van der Waals surface area contributed by atoms with Crippen molar-refractivity contribution in [1.29, 1.82) is 0 Å². The van der Waals surface area contributed by atoms with Gasteiger partial charge in [0.2, 0.25) is 0 Å². The van der Waals surface area contributed by atoms with Crippen molar-refractivity contribution in [2.24, 2.45) is 0 Å². The molecule has 1 heterocycles. The van der Waals surface area contributed by atoms with E-state index in [-0.39, 0.29) is 10.6 Å². The van der Waals surface area contributed by atoms with Gasteiger partial charge in [-0.25, -0.2) is 0 Å². The van der Waals surface area contributed by atoms with Crippen LogP contribution in [0.15, 0.2) is 24.3 Å². The first kappa shape index (κ1) is 15.9. The summed E-state index contributed by atoms with van der Waals surface area (Å²) in [5.74, 6) is 0. The van der Waals surface area contributed by atoms with E-state index in [4.69, 9.17) is 0 Å². The zero-order chi connectivity index (χ0) is 15.2. The summed E-state index contributed by atoms with van der Waals surface area (Å²) in [4.78, 5) is 15.5. The first-order chi connectivity index (χ1) is 10.1. The van der Waals surface area contributed by atoms with Crippen LogP contribution < -0.4 is 0 Å². The summed E-state index contributed by atoms with van der Waals surface area (Å²) in [6, 6.07) is 7.68. The van der Waals surface area contributed by atoms with Crippen LogP contribution in [0.2, 0.25) is 0 Å². The third-order valence-electron chi connectivity index (χ3n) is 4.39. The van der Waals surface area contributed by atoms with Crippen molar-refractivity contribution in [2.45, 2.75) is 39.3 Å². The van der Waals surface area contributed by atoms with Crippen molar-refractivity contribution < 1.29 is 4.92 Å². The van der Waals surface area contributed by atoms with Crippen molar-refractivity contribution in [3.63, 3.8) is 0 Å². The summed E-state index contributed by atoms with van der Waals surface area (Å²) in [5.41, 5.74) is 1.21. The van der Waals surface area contributed by atoms with E-state index < -0.39 is 0 Å². The van der Waals surface area contributed by atoms with Gasteiger partial charge in [0.05, 0.1) is 4.92 Å². The normalized spacial score (nSPS) is 17.3. The number of rotatable bonds is 6. The fraction of sp³-hybridized carbons (Fsp3) is 0.625. The highest BCUT2D eigenvalue weighted by atomic mass is 16.6. The summed E-state index contributed by atoms with van der Waals surface area (Å²) >= 11 is 0. The Morgan fingerprint density at radius 1 is 1.19 bits per heavy atom. The molecule has 1 fully saturated rings. The molecular weight excluding hydrogens is 266 g/mol. The van der Waals surface area contributed by atoms with Gasteiger partial charge in [0.15, 0.2) is 0 Å². The van der Waals surface area contributed by atoms with Crippen LogP contribution in [0, 0.1) is 10.1 Å². The van der Waals surface area contributed by atoms with Crippen LogP contribution in [-0.2, 0) is 6.54 Å². The minimum absolute atomic E-state index is 0.183. The number of nitro benzene ring substituents is 1. The number of nitro groups is 1. The molecule has 0 aliphatic carbocycles. The molecule has 1 aromatic carbocycles. The van der Waals surface area contributed by atoms with Gasteiger partial charge in [-0.3, -0.25) is 19.9 Å². The fourth-order valence-corrected chi connectivity index (χ4v) is 3.12. The summed E-state index contributed by atoms with van der Waals surface area (Å²) in [7, 11) is 0. The first-order valence-electron chi connectivity index (χ1n) is 7.83. The topological polar surface area (TPSA) is 49.6 Å². The third-order valence-corrected chi connectivity index (χ3v) is 4.39. The number of non-ortho nitro benzene ring substituents is 1. The second kappa shape index (κ2) is 7.52. The monoisotopic (exact) mass is 291 g/mol. The van der Waals surface area contributed by atoms with Gasteiger partial charge in [-0.2, -0.15) is 0 Å². The zero-order valence-corrected chi connectivity index (χ0v) is 13.0. The third kappa shape index (κ3) is 4.25. The summed E-state index contributed by atoms with van der Waals surface area (Å²) in [6.07, 6.45) is 2.42. The Morgan fingerprint density at radius 2 is 1.86 bits per heavy atom. The summed E-state index contributed by atoms with van der Waals surface area (Å²) in [5, 5.41) is 10.8. The molecule has 0 unspecified atom stereocenters. The lowest BCUT2D eigenvalue weighted by molar-refractivity contribution is -0.384. The first-order valence-corrected chi connectivity index (χ1v) is 7.83. The Morgan fingerprint density at radius 3 is 2.43 bits per heavy atom. The van der Waals surface area contributed by atoms with Crippen molar-refractivity contribution in [3.8, 4) is 0 Å². The Labute approximate surface area is 126 Å². The van der Waals surface area contributed by atoms with Crippen LogP contribution in [0.5, 0.6) is 0 Å². The highest BCUT2D eigenvalue weighted by Crippen LogP contribution is 2.17. The van der Waals surface area contributed by atoms with Crippen molar-refractivity contribution in [3.05, 3.63) is 39.9 Å². The maximum absolute atomic E-state index is 10.8. The van der Waals surface area contributed by atoms with Crippen molar-refractivity contribution >= 4 is 5.69 Å². The van der Waals surface area contributed by atoms with Gasteiger partial charge in [-0.1, -0.05) is 26.0 Å². The molecule has 1 aliphatic rings. The van der Waals surface area contributed by atoms with Crippen LogP contribution in [0.4, 0.5) is 5.69 Å². The molecule has 1 aromatic rings. The predicted molar refractivity (Wildman–Crippen MR) is 84.3 cm³/mol. The molecule has 0 bridgehead atoms. The van der Waals surface area contributed by atoms with E-state index in [1.807, 2.05) is 6.07 Å². The van der Waals surface area contributed by atoms with Gasteiger partial charge in [0.1, 0.15) is 0 Å². The van der Waals surface area contributed by atoms with Crippen LogP contribution in [0.25, 0.3) is 0 Å². The van der Waals surface area contributed by atoms with Gasteiger partial charge < -0.3 is 0 Å². The smallest absolute Gasteiger partial charge is 0.269 e. The molecule has 0 aromatic heterocycles. The Bertz CT molecular complexity index is 466. The number of hydrogen-bond donors (Lipinski definition) is 0. The number of nitrogens with zero attached hydrogens (tertiary/aromatic N) is 3. The molecule has 0 atom stereocenters. The maximum atomic E-state index is 10.8. The lowest BCUT2D eigenvalue weighted by Crippen LogP contribution is -2.49. The minimum Gasteiger partial charge on any atom is -0.298 e. The Kier molecular flexibility index (Phi) is 5.70. The van der Waals surface area contributed by atoms with Crippen LogP contribution in [0.3, 0.4) is 0 Å². The van der Waals surface area contributed by atoms with E-state index in [1.54, 1.807) is 18.2 Å². The minimum atomic E-state index is -0.325. The Hall–Kier alpha value is -1.46. The number of benzene rings is 1. The van der Waals surface area contributed by atoms with Crippen LogP contribution in [0.1, 0.15) is 32.3 Å². The van der Waals surface area contributed by atoms with Gasteiger partial charge in [0, 0.05) is 50.9 Å². The summed E-state index contributed by atoms with van der Waals surface area (Å²) < 4.78 is 0. The van der Waals surface area contributed by atoms with E-state index in [2.05, 4.69) is 23.6 Å². The molecule has 1 saturated heterocycles. The molecule has 116 valence electrons. The molecule has 5 nitrogen and oxygen atoms in total. The number of hydrogen-bond acceptors (Lipinski definition) is 4. The highest BCUT2D eigenvalue weighted by Gasteiger charge is 2.21. The lowest BCUT2D eigenvalue weighted by Gasteiger charge is -2.38. The fourth-order valence-electron chi connectivity index (χ4n) is 3.12. The molecule has 0 saturated carbocycles. The van der Waals surface area contributed by atoms with E-state index >= 15 is 0 Å². The average Bonchev–Trinajstić information content (AvgIpc) is 2.50. The van der Waals surface area contributed by atoms with Crippen LogP contribution in [-0.4, -0.2) is 46.9 Å². The Balaban J connectivity index is 1.89. The van der Waals surface area contributed by atoms with E-state index in [9.17, 15) is 10.1 Å². The molecule has 5 heteroatoms. The molecule has 21 heavy (non-hydrogen) atoms. The lowest BCUT2D eigenvalue weighted by atomic mass is 10.1. The zero-order valence-electron chi connectivity index (χ0n) is 13.0. The van der Waals surface area contributed by atoms with E-state index in [0.29, 0.717) is 6.04 Å². The van der Waals surface area contributed by atoms with Gasteiger partial charge in [-0.15, -0.1) is 0 Å². The number of piperazine rings is 1. The molecule has 2 rings (SSSR count). The highest BCUT2D eigenvalue weighted by molar-refractivity contribution is 5.34. The van der Waals surface area contributed by atoms with Crippen LogP contribution >= 0.6 is 0 Å². The molecular formula is C16H25N3O2. The van der Waals surface area contributed by atoms with Gasteiger partial charge in [-0.05, 0) is 18.4 Å². The van der Waals surface area contributed by atoms with E-state index in [0.717, 1.165) is 38.3 Å². The predicted octanol–water partition coefficient (Wildman–Crippen LogP) is 2.90. The van der Waals surface area contributed by atoms with Crippen molar-refractivity contribution in [2.75, 3.05) is 26.2 Å². The second-order valence-electron chi connectivity index (χ2n) is 5.71. The maximum Gasteiger partial charge on any atom is 0.269 e. The molecule has 0 N–H and O–H groups in total. The molecule has 1 aliphatic heterocycles. The quantitative estimate of drug-likeness (QED) is 0.597. The van der Waals surface area contributed by atoms with Gasteiger partial charge in [0.25, 0.3) is 5.69 Å². The van der Waals surface area contributed by atoms with Gasteiger partial charge >= 0.3 is 0 Å². The molecule has 0 radical (unpaired) electrons. The largest absolute Gasteiger partial charge is 0.298 e. The van der Waals surface area contributed by atoms with E-state index in [1.165, 1.54) is 12.8 Å². The average molecular weight is 291 g/mol. The molecule has 0 amide bonds. The SMILES string of the molecule is CCC(CC)N1CCN(Cc2cccc([N+](=O)[O-])c2)CC1. The molecule has 0 spiro atoms. The summed E-state index contributed by atoms with van der Waals surface area (Å²) in [6.45, 7) is 9.59. The van der Waals surface area contributed by atoms with Crippen molar-refractivity contribution in [1.82, 2.24) is 9.80 Å². The second-order valence-corrected chi connectivity index (χ2v) is 5.71.